The highest BCUT2D eigenvalue weighted by Crippen LogP contribution is 2.25. The van der Waals surface area contributed by atoms with Crippen LogP contribution in [0.3, 0.4) is 0 Å². The molecule has 2 aliphatic heterocycles. The summed E-state index contributed by atoms with van der Waals surface area (Å²) in [4.78, 5) is 28.7. The highest BCUT2D eigenvalue weighted by atomic mass is 32.2. The predicted molar refractivity (Wildman–Crippen MR) is 134 cm³/mol. The Morgan fingerprint density at radius 1 is 0.971 bits per heavy atom. The van der Waals surface area contributed by atoms with Crippen molar-refractivity contribution in [1.29, 1.82) is 0 Å². The van der Waals surface area contributed by atoms with Gasteiger partial charge in [0.25, 0.3) is 5.91 Å². The molecule has 0 atom stereocenters. The number of nitrogens with zero attached hydrogens (tertiary/aromatic N) is 5. The molecule has 2 aliphatic rings. The van der Waals surface area contributed by atoms with Crippen molar-refractivity contribution in [3.8, 4) is 0 Å². The molecule has 0 aliphatic carbocycles. The van der Waals surface area contributed by atoms with Gasteiger partial charge in [0, 0.05) is 57.6 Å². The van der Waals surface area contributed by atoms with E-state index in [1.807, 2.05) is 17.9 Å². The molecule has 2 aromatic heterocycles. The van der Waals surface area contributed by atoms with E-state index in [0.717, 1.165) is 81.1 Å². The summed E-state index contributed by atoms with van der Waals surface area (Å²) < 4.78 is 5.83. The van der Waals surface area contributed by atoms with Crippen LogP contribution >= 0.6 is 11.8 Å². The van der Waals surface area contributed by atoms with E-state index < -0.39 is 0 Å². The number of thioether (sulfide) groups is 1. The van der Waals surface area contributed by atoms with Crippen molar-refractivity contribution < 1.29 is 9.21 Å². The molecule has 0 radical (unpaired) electrons. The summed E-state index contributed by atoms with van der Waals surface area (Å²) in [6, 6.07) is 16.4. The van der Waals surface area contributed by atoms with Crippen LogP contribution in [0.4, 0.5) is 5.82 Å². The molecule has 5 rings (SSSR count). The second-order valence-corrected chi connectivity index (χ2v) is 9.90. The van der Waals surface area contributed by atoms with Gasteiger partial charge in [-0.15, -0.1) is 0 Å². The minimum absolute atomic E-state index is 0.00533. The molecule has 0 bridgehead atoms. The molecule has 8 heteroatoms. The topological polar surface area (TPSA) is 65.7 Å². The zero-order valence-corrected chi connectivity index (χ0v) is 20.5. The molecule has 1 aromatic carbocycles. The molecule has 0 saturated carbocycles. The van der Waals surface area contributed by atoms with Crippen LogP contribution in [0.5, 0.6) is 0 Å². The first-order valence-corrected chi connectivity index (χ1v) is 13.0. The maximum Gasteiger partial charge on any atom is 0.289 e. The summed E-state index contributed by atoms with van der Waals surface area (Å²) >= 11 is 1.55. The van der Waals surface area contributed by atoms with Crippen LogP contribution in [-0.4, -0.2) is 64.9 Å². The lowest BCUT2D eigenvalue weighted by Gasteiger charge is -2.35. The lowest BCUT2D eigenvalue weighted by molar-refractivity contribution is 0.0760. The van der Waals surface area contributed by atoms with Gasteiger partial charge in [0.15, 0.2) is 10.9 Å². The fraction of sp³-hybridized carbons (Fsp3) is 0.423. The van der Waals surface area contributed by atoms with Crippen molar-refractivity contribution in [3.63, 3.8) is 0 Å². The summed E-state index contributed by atoms with van der Waals surface area (Å²) in [5.74, 6) is 2.78. The number of aromatic nitrogens is 2. The van der Waals surface area contributed by atoms with Crippen LogP contribution < -0.4 is 4.90 Å². The van der Waals surface area contributed by atoms with Crippen molar-refractivity contribution in [2.75, 3.05) is 44.2 Å². The Morgan fingerprint density at radius 2 is 1.74 bits per heavy atom. The van der Waals surface area contributed by atoms with E-state index in [2.05, 4.69) is 51.2 Å². The number of piperazine rings is 1. The second kappa shape index (κ2) is 10.6. The number of amides is 1. The van der Waals surface area contributed by atoms with E-state index >= 15 is 0 Å². The van der Waals surface area contributed by atoms with E-state index in [4.69, 9.17) is 9.40 Å². The number of benzene rings is 1. The van der Waals surface area contributed by atoms with Crippen LogP contribution in [0.2, 0.25) is 0 Å². The van der Waals surface area contributed by atoms with Crippen LogP contribution in [0.1, 0.15) is 40.4 Å². The molecule has 178 valence electrons. The molecule has 2 saturated heterocycles. The Bertz CT molecular complexity index is 1110. The van der Waals surface area contributed by atoms with Crippen LogP contribution in [-0.2, 0) is 12.3 Å². The third kappa shape index (κ3) is 5.62. The SMILES string of the molecule is Cc1cc(N2CCN(Cc3ccccc3)CC2)nc(SCc2ccc(C(=O)N3CCCC3)o2)n1. The van der Waals surface area contributed by atoms with Crippen molar-refractivity contribution in [1.82, 2.24) is 19.8 Å². The number of likely N-dealkylation sites (tertiary alicyclic amines) is 1. The average molecular weight is 478 g/mol. The number of carbonyl (C=O) groups is 1. The molecule has 34 heavy (non-hydrogen) atoms. The Labute approximate surface area is 205 Å². The first kappa shape index (κ1) is 22.9. The maximum atomic E-state index is 12.5. The molecular formula is C26H31N5O2S. The zero-order valence-electron chi connectivity index (χ0n) is 19.7. The zero-order chi connectivity index (χ0) is 23.3. The Kier molecular flexibility index (Phi) is 7.16. The number of anilines is 1. The quantitative estimate of drug-likeness (QED) is 0.373. The smallest absolute Gasteiger partial charge is 0.289 e. The molecule has 7 nitrogen and oxygen atoms in total. The number of carbonyl (C=O) groups excluding carboxylic acids is 1. The molecule has 0 spiro atoms. The van der Waals surface area contributed by atoms with Crippen LogP contribution in [0.15, 0.2) is 58.1 Å². The molecule has 2 fully saturated rings. The first-order chi connectivity index (χ1) is 16.6. The van der Waals surface area contributed by atoms with E-state index in [1.165, 1.54) is 5.56 Å². The minimum Gasteiger partial charge on any atom is -0.455 e. The molecule has 3 aromatic rings. The summed E-state index contributed by atoms with van der Waals surface area (Å²) in [5.41, 5.74) is 2.32. The van der Waals surface area contributed by atoms with Gasteiger partial charge in [0.1, 0.15) is 11.6 Å². The minimum atomic E-state index is -0.00533. The number of hydrogen-bond donors (Lipinski definition) is 0. The fourth-order valence-corrected chi connectivity index (χ4v) is 5.30. The molecule has 1 amide bonds. The average Bonchev–Trinajstić information content (AvgIpc) is 3.56. The monoisotopic (exact) mass is 477 g/mol. The lowest BCUT2D eigenvalue weighted by atomic mass is 10.2. The molecular weight excluding hydrogens is 446 g/mol. The third-order valence-corrected chi connectivity index (χ3v) is 7.24. The van der Waals surface area contributed by atoms with Crippen molar-refractivity contribution in [2.45, 2.75) is 37.2 Å². The summed E-state index contributed by atoms with van der Waals surface area (Å²) in [5, 5.41) is 0.741. The van der Waals surface area contributed by atoms with E-state index in [1.54, 1.807) is 17.8 Å². The van der Waals surface area contributed by atoms with E-state index in [-0.39, 0.29) is 5.91 Å². The molecule has 4 heterocycles. The van der Waals surface area contributed by atoms with Gasteiger partial charge in [-0.25, -0.2) is 9.97 Å². The van der Waals surface area contributed by atoms with Crippen LogP contribution in [0.25, 0.3) is 0 Å². The third-order valence-electron chi connectivity index (χ3n) is 6.37. The largest absolute Gasteiger partial charge is 0.455 e. The Morgan fingerprint density at radius 3 is 2.50 bits per heavy atom. The van der Waals surface area contributed by atoms with Crippen molar-refractivity contribution >= 4 is 23.5 Å². The van der Waals surface area contributed by atoms with E-state index in [0.29, 0.717) is 11.5 Å². The number of furan rings is 1. The number of hydrogen-bond acceptors (Lipinski definition) is 7. The van der Waals surface area contributed by atoms with Crippen LogP contribution in [0, 0.1) is 6.92 Å². The van der Waals surface area contributed by atoms with Gasteiger partial charge in [0.2, 0.25) is 0 Å². The predicted octanol–water partition coefficient (Wildman–Crippen LogP) is 4.23. The lowest BCUT2D eigenvalue weighted by Crippen LogP contribution is -2.46. The summed E-state index contributed by atoms with van der Waals surface area (Å²) in [6.45, 7) is 8.58. The van der Waals surface area contributed by atoms with Gasteiger partial charge in [-0.3, -0.25) is 9.69 Å². The highest BCUT2D eigenvalue weighted by molar-refractivity contribution is 7.98. The number of rotatable bonds is 7. The van der Waals surface area contributed by atoms with Crippen molar-refractivity contribution in [3.05, 3.63) is 71.3 Å². The van der Waals surface area contributed by atoms with Gasteiger partial charge in [-0.2, -0.15) is 0 Å². The maximum absolute atomic E-state index is 12.5. The summed E-state index contributed by atoms with van der Waals surface area (Å²) in [7, 11) is 0. The normalized spacial score (nSPS) is 16.9. The van der Waals surface area contributed by atoms with Crippen molar-refractivity contribution in [2.24, 2.45) is 0 Å². The van der Waals surface area contributed by atoms with Gasteiger partial charge in [-0.05, 0) is 37.5 Å². The van der Waals surface area contributed by atoms with E-state index in [9.17, 15) is 4.79 Å². The van der Waals surface area contributed by atoms with Gasteiger partial charge >= 0.3 is 0 Å². The molecule has 0 N–H and O–H groups in total. The molecule has 0 unspecified atom stereocenters. The highest BCUT2D eigenvalue weighted by Gasteiger charge is 2.23. The van der Waals surface area contributed by atoms with Gasteiger partial charge in [0.05, 0.1) is 5.75 Å². The Balaban J connectivity index is 1.16. The fourth-order valence-electron chi connectivity index (χ4n) is 4.51. The van der Waals surface area contributed by atoms with Gasteiger partial charge < -0.3 is 14.2 Å². The standard InChI is InChI=1S/C26H31N5O2S/c1-20-17-24(30-15-13-29(14-16-30)18-21-7-3-2-4-8-21)28-26(27-20)34-19-22-9-10-23(33-22)25(32)31-11-5-6-12-31/h2-4,7-10,17H,5-6,11-16,18-19H2,1H3. The van der Waals surface area contributed by atoms with Gasteiger partial charge in [-0.1, -0.05) is 42.1 Å². The first-order valence-electron chi connectivity index (χ1n) is 12.0. The Hall–Kier alpha value is -2.84. The second-order valence-electron chi connectivity index (χ2n) is 8.95. The number of aryl methyl sites for hydroxylation is 1. The summed E-state index contributed by atoms with van der Waals surface area (Å²) in [6.07, 6.45) is 2.15.